The highest BCUT2D eigenvalue weighted by molar-refractivity contribution is 5.11. The van der Waals surface area contributed by atoms with Gasteiger partial charge in [0.15, 0.2) is 5.67 Å². The molecule has 0 saturated carbocycles. The summed E-state index contributed by atoms with van der Waals surface area (Å²) in [5.74, 6) is 0.559. The van der Waals surface area contributed by atoms with E-state index in [4.69, 9.17) is 0 Å². The Labute approximate surface area is 70.6 Å². The summed E-state index contributed by atoms with van der Waals surface area (Å²) < 4.78 is 15.6. The molecule has 0 spiro atoms. The number of aromatic nitrogens is 2. The molecular weight excluding hydrogens is 157 g/mol. The van der Waals surface area contributed by atoms with Gasteiger partial charge in [-0.15, -0.1) is 0 Å². The predicted molar refractivity (Wildman–Crippen MR) is 43.6 cm³/mol. The minimum absolute atomic E-state index is 0.393. The fraction of sp³-hybridized carbons (Fsp3) is 0.625. The molecule has 2 rings (SSSR count). The third-order valence-electron chi connectivity index (χ3n) is 2.27. The number of alkyl halides is 1. The first kappa shape index (κ1) is 7.73. The zero-order valence-corrected chi connectivity index (χ0v) is 7.05. The molecule has 0 unspecified atom stereocenters. The fourth-order valence-corrected chi connectivity index (χ4v) is 1.46. The maximum Gasteiger partial charge on any atom is 0.192 e. The largest absolute Gasteiger partial charge is 0.332 e. The molecule has 1 aliphatic heterocycles. The van der Waals surface area contributed by atoms with Crippen LogP contribution in [0.3, 0.4) is 0 Å². The van der Waals surface area contributed by atoms with Crippen LogP contribution in [0.15, 0.2) is 12.4 Å². The number of nitrogens with one attached hydrogen (secondary N) is 1. The summed E-state index contributed by atoms with van der Waals surface area (Å²) in [6.07, 6.45) is 3.47. The molecule has 1 fully saturated rings. The van der Waals surface area contributed by atoms with E-state index in [0.29, 0.717) is 18.9 Å². The van der Waals surface area contributed by atoms with Gasteiger partial charge in [-0.2, -0.15) is 0 Å². The summed E-state index contributed by atoms with van der Waals surface area (Å²) in [5.41, 5.74) is -1.22. The van der Waals surface area contributed by atoms with Crippen molar-refractivity contribution in [2.75, 3.05) is 13.1 Å². The molecular formula is C8H12FN3. The van der Waals surface area contributed by atoms with E-state index in [2.05, 4.69) is 10.3 Å². The second kappa shape index (κ2) is 2.55. The molecule has 1 aromatic rings. The second-order valence-electron chi connectivity index (χ2n) is 3.11. The number of imidazole rings is 1. The molecule has 2 heterocycles. The summed E-state index contributed by atoms with van der Waals surface area (Å²) in [6, 6.07) is 0. The summed E-state index contributed by atoms with van der Waals surface area (Å²) >= 11 is 0. The van der Waals surface area contributed by atoms with Crippen molar-refractivity contribution < 1.29 is 4.39 Å². The molecule has 1 aliphatic rings. The van der Waals surface area contributed by atoms with Crippen molar-refractivity contribution in [1.82, 2.24) is 14.9 Å². The van der Waals surface area contributed by atoms with Crippen molar-refractivity contribution in [1.29, 1.82) is 0 Å². The average Bonchev–Trinajstić information content (AvgIpc) is 2.47. The van der Waals surface area contributed by atoms with Gasteiger partial charge < -0.3 is 9.88 Å². The minimum Gasteiger partial charge on any atom is -0.332 e. The Bertz CT molecular complexity index is 278. The zero-order chi connectivity index (χ0) is 8.60. The van der Waals surface area contributed by atoms with E-state index in [1.54, 1.807) is 6.20 Å². The Hall–Kier alpha value is -0.900. The van der Waals surface area contributed by atoms with Crippen LogP contribution in [0.1, 0.15) is 12.7 Å². The predicted octanol–water partition coefficient (Wildman–Crippen LogP) is 0.671. The maximum atomic E-state index is 13.8. The van der Waals surface area contributed by atoms with Crippen LogP contribution in [-0.2, 0) is 12.2 Å². The lowest BCUT2D eigenvalue weighted by Crippen LogP contribution is -2.55. The van der Waals surface area contributed by atoms with Gasteiger partial charge in [-0.3, -0.25) is 0 Å². The quantitative estimate of drug-likeness (QED) is 0.705. The van der Waals surface area contributed by atoms with Crippen molar-refractivity contribution in [3.63, 3.8) is 0 Å². The molecule has 0 amide bonds. The van der Waals surface area contributed by atoms with Crippen molar-refractivity contribution in [3.8, 4) is 0 Å². The number of nitrogens with zero attached hydrogens (tertiary/aromatic N) is 2. The lowest BCUT2D eigenvalue weighted by atomic mass is 9.98. The monoisotopic (exact) mass is 169 g/mol. The van der Waals surface area contributed by atoms with Gasteiger partial charge in [-0.05, 0) is 6.92 Å². The normalized spacial score (nSPS) is 20.5. The van der Waals surface area contributed by atoms with Gasteiger partial charge in [0.25, 0.3) is 0 Å². The lowest BCUT2D eigenvalue weighted by molar-refractivity contribution is 0.0745. The molecule has 66 valence electrons. The first-order chi connectivity index (χ1) is 5.76. The Morgan fingerprint density at radius 3 is 3.00 bits per heavy atom. The van der Waals surface area contributed by atoms with E-state index in [9.17, 15) is 4.39 Å². The molecule has 0 radical (unpaired) electrons. The van der Waals surface area contributed by atoms with E-state index in [1.807, 2.05) is 17.7 Å². The fourth-order valence-electron chi connectivity index (χ4n) is 1.46. The third kappa shape index (κ3) is 0.948. The second-order valence-corrected chi connectivity index (χ2v) is 3.11. The van der Waals surface area contributed by atoms with Crippen molar-refractivity contribution in [2.45, 2.75) is 19.1 Å². The summed E-state index contributed by atoms with van der Waals surface area (Å²) in [4.78, 5) is 4.03. The molecule has 1 saturated heterocycles. The van der Waals surface area contributed by atoms with Crippen LogP contribution in [0, 0.1) is 0 Å². The van der Waals surface area contributed by atoms with Gasteiger partial charge in [0.05, 0.1) is 0 Å². The first-order valence-corrected chi connectivity index (χ1v) is 4.17. The Kier molecular flexibility index (Phi) is 1.65. The van der Waals surface area contributed by atoms with E-state index >= 15 is 0 Å². The molecule has 3 nitrogen and oxygen atoms in total. The molecule has 0 aliphatic carbocycles. The van der Waals surface area contributed by atoms with Crippen LogP contribution >= 0.6 is 0 Å². The Balaban J connectivity index is 2.31. The number of halogens is 1. The average molecular weight is 169 g/mol. The number of rotatable bonds is 2. The van der Waals surface area contributed by atoms with Crippen LogP contribution < -0.4 is 5.32 Å². The van der Waals surface area contributed by atoms with Crippen LogP contribution in [0.2, 0.25) is 0 Å². The van der Waals surface area contributed by atoms with Gasteiger partial charge in [-0.1, -0.05) is 0 Å². The number of aryl methyl sites for hydroxylation is 1. The molecule has 12 heavy (non-hydrogen) atoms. The Morgan fingerprint density at radius 2 is 2.50 bits per heavy atom. The van der Waals surface area contributed by atoms with Crippen LogP contribution in [0.5, 0.6) is 0 Å². The zero-order valence-electron chi connectivity index (χ0n) is 7.05. The molecule has 4 heteroatoms. The summed E-state index contributed by atoms with van der Waals surface area (Å²) in [5, 5.41) is 2.91. The SMILES string of the molecule is CCn1ccnc1C1(F)CNC1. The Morgan fingerprint density at radius 1 is 1.75 bits per heavy atom. The van der Waals surface area contributed by atoms with Crippen molar-refractivity contribution in [2.24, 2.45) is 0 Å². The van der Waals surface area contributed by atoms with Gasteiger partial charge in [0.2, 0.25) is 0 Å². The van der Waals surface area contributed by atoms with Crippen molar-refractivity contribution >= 4 is 0 Å². The minimum atomic E-state index is -1.22. The molecule has 1 aromatic heterocycles. The molecule has 1 N–H and O–H groups in total. The molecule has 0 atom stereocenters. The highest BCUT2D eigenvalue weighted by Gasteiger charge is 2.42. The highest BCUT2D eigenvalue weighted by Crippen LogP contribution is 2.28. The van der Waals surface area contributed by atoms with E-state index in [-0.39, 0.29) is 0 Å². The third-order valence-corrected chi connectivity index (χ3v) is 2.27. The maximum absolute atomic E-state index is 13.8. The van der Waals surface area contributed by atoms with Gasteiger partial charge >= 0.3 is 0 Å². The lowest BCUT2D eigenvalue weighted by Gasteiger charge is -2.34. The van der Waals surface area contributed by atoms with Crippen LogP contribution in [0.25, 0.3) is 0 Å². The highest BCUT2D eigenvalue weighted by atomic mass is 19.1. The van der Waals surface area contributed by atoms with E-state index in [0.717, 1.165) is 6.54 Å². The van der Waals surface area contributed by atoms with Gasteiger partial charge in [0.1, 0.15) is 5.82 Å². The van der Waals surface area contributed by atoms with Gasteiger partial charge in [0, 0.05) is 32.0 Å². The van der Waals surface area contributed by atoms with Gasteiger partial charge in [-0.25, -0.2) is 9.37 Å². The van der Waals surface area contributed by atoms with Crippen molar-refractivity contribution in [3.05, 3.63) is 18.2 Å². The standard InChI is InChI=1S/C8H12FN3/c1-2-12-4-3-11-7(12)8(9)5-10-6-8/h3-4,10H,2,5-6H2,1H3. The number of hydrogen-bond donors (Lipinski definition) is 1. The first-order valence-electron chi connectivity index (χ1n) is 4.17. The summed E-state index contributed by atoms with van der Waals surface area (Å²) in [6.45, 7) is 3.55. The van der Waals surface area contributed by atoms with Crippen LogP contribution in [0.4, 0.5) is 4.39 Å². The van der Waals surface area contributed by atoms with E-state index < -0.39 is 5.67 Å². The topological polar surface area (TPSA) is 29.9 Å². The van der Waals surface area contributed by atoms with E-state index in [1.165, 1.54) is 0 Å². The smallest absolute Gasteiger partial charge is 0.192 e. The molecule has 0 aromatic carbocycles. The number of hydrogen-bond acceptors (Lipinski definition) is 2. The summed E-state index contributed by atoms with van der Waals surface area (Å²) in [7, 11) is 0. The van der Waals surface area contributed by atoms with Crippen LogP contribution in [-0.4, -0.2) is 22.6 Å². The molecule has 0 bridgehead atoms.